The molecular weight excluding hydrogens is 340 g/mol. The van der Waals surface area contributed by atoms with Gasteiger partial charge in [-0.15, -0.1) is 0 Å². The fraction of sp³-hybridized carbons (Fsp3) is 0.545. The van der Waals surface area contributed by atoms with E-state index in [4.69, 9.17) is 4.74 Å². The summed E-state index contributed by atoms with van der Waals surface area (Å²) in [7, 11) is 1.69. The Labute approximate surface area is 162 Å². The first-order valence-electron chi connectivity index (χ1n) is 9.83. The smallest absolute Gasteiger partial charge is 0.258 e. The third-order valence-corrected chi connectivity index (χ3v) is 4.98. The second kappa shape index (κ2) is 9.58. The number of nitrogens with one attached hydrogen (secondary N) is 1. The van der Waals surface area contributed by atoms with Gasteiger partial charge in [-0.2, -0.15) is 0 Å². The summed E-state index contributed by atoms with van der Waals surface area (Å²) in [6.07, 6.45) is 6.50. The number of hydrogen-bond donors (Lipinski definition) is 1. The molecule has 0 aromatic heterocycles. The molecule has 1 heterocycles. The Hall–Kier alpha value is -2.30. The Morgan fingerprint density at radius 2 is 1.85 bits per heavy atom. The molecule has 2 amide bonds. The van der Waals surface area contributed by atoms with Gasteiger partial charge in [0.05, 0.1) is 11.7 Å². The number of carbonyl (C=O) groups excluding carboxylic acids is 2. The fourth-order valence-electron chi connectivity index (χ4n) is 3.42. The van der Waals surface area contributed by atoms with E-state index in [2.05, 4.69) is 24.4 Å². The van der Waals surface area contributed by atoms with Gasteiger partial charge >= 0.3 is 0 Å². The van der Waals surface area contributed by atoms with Crippen molar-refractivity contribution in [1.29, 1.82) is 0 Å². The second-order valence-corrected chi connectivity index (χ2v) is 7.59. The molecule has 5 nitrogen and oxygen atoms in total. The molecule has 2 rings (SSSR count). The summed E-state index contributed by atoms with van der Waals surface area (Å²) in [5.74, 6) is 0.241. The zero-order valence-electron chi connectivity index (χ0n) is 17.1. The van der Waals surface area contributed by atoms with Crippen molar-refractivity contribution in [2.45, 2.75) is 65.1 Å². The molecule has 0 unspecified atom stereocenters. The molecule has 0 fully saturated rings. The monoisotopic (exact) mass is 372 g/mol. The number of likely N-dealkylation sites (N-methyl/N-ethyl adjacent to an activating group) is 1. The zero-order valence-corrected chi connectivity index (χ0v) is 17.1. The lowest BCUT2D eigenvalue weighted by molar-refractivity contribution is -0.127. The highest BCUT2D eigenvalue weighted by Gasteiger charge is 2.32. The molecule has 0 radical (unpaired) electrons. The fourth-order valence-corrected chi connectivity index (χ4v) is 3.42. The second-order valence-electron chi connectivity index (χ2n) is 7.59. The molecule has 27 heavy (non-hydrogen) atoms. The van der Waals surface area contributed by atoms with E-state index in [0.29, 0.717) is 11.3 Å². The molecule has 3 atom stereocenters. The zero-order chi connectivity index (χ0) is 20.0. The van der Waals surface area contributed by atoms with E-state index >= 15 is 0 Å². The normalized spacial score (nSPS) is 26.0. The molecule has 0 spiro atoms. The van der Waals surface area contributed by atoms with Crippen LogP contribution in [-0.4, -0.2) is 41.9 Å². The molecule has 1 N–H and O–H groups in total. The largest absolute Gasteiger partial charge is 0.490 e. The third kappa shape index (κ3) is 5.34. The predicted molar refractivity (Wildman–Crippen MR) is 108 cm³/mol. The van der Waals surface area contributed by atoms with E-state index in [9.17, 15) is 9.59 Å². The summed E-state index contributed by atoms with van der Waals surface area (Å²) >= 11 is 0. The van der Waals surface area contributed by atoms with Crippen LogP contribution in [0.15, 0.2) is 36.4 Å². The predicted octanol–water partition coefficient (Wildman–Crippen LogP) is 3.80. The highest BCUT2D eigenvalue weighted by Crippen LogP contribution is 2.24. The van der Waals surface area contributed by atoms with Crippen molar-refractivity contribution < 1.29 is 14.3 Å². The van der Waals surface area contributed by atoms with Crippen LogP contribution in [0.5, 0.6) is 5.75 Å². The summed E-state index contributed by atoms with van der Waals surface area (Å²) in [6, 6.07) is 6.77. The van der Waals surface area contributed by atoms with E-state index in [-0.39, 0.29) is 29.9 Å². The number of carbonyl (C=O) groups is 2. The summed E-state index contributed by atoms with van der Waals surface area (Å²) in [6.45, 7) is 7.98. The molecule has 1 aromatic carbocycles. The summed E-state index contributed by atoms with van der Waals surface area (Å²) in [5.41, 5.74) is 0.485. The number of nitrogens with zero attached hydrogens (tertiary/aromatic N) is 1. The average molecular weight is 373 g/mol. The van der Waals surface area contributed by atoms with Crippen molar-refractivity contribution in [3.63, 3.8) is 0 Å². The van der Waals surface area contributed by atoms with Crippen LogP contribution in [0.3, 0.4) is 0 Å². The van der Waals surface area contributed by atoms with Gasteiger partial charge < -0.3 is 15.0 Å². The number of benzene rings is 1. The minimum absolute atomic E-state index is 0.00749. The molecule has 1 aliphatic rings. The molecule has 1 aliphatic heterocycles. The van der Waals surface area contributed by atoms with Gasteiger partial charge in [0.2, 0.25) is 5.91 Å². The standard InChI is InChI=1S/C22H32N2O3/c1-6-17-12-8-7-11-16(4)27-19-14-10-9-13-18(19)22(26)24(5)20(15(2)3)21(25)23-17/h7-10,13-17,20H,6,11-12H2,1-5H3,(H,23,25)/b8-7+/t16-,17-,20-/m0/s1. The molecule has 0 saturated carbocycles. The van der Waals surface area contributed by atoms with Gasteiger partial charge in [-0.05, 0) is 37.8 Å². The van der Waals surface area contributed by atoms with Crippen LogP contribution in [-0.2, 0) is 4.79 Å². The Balaban J connectivity index is 2.43. The number of fused-ring (bicyclic) bond motifs is 1. The van der Waals surface area contributed by atoms with E-state index in [1.165, 1.54) is 0 Å². The summed E-state index contributed by atoms with van der Waals surface area (Å²) in [4.78, 5) is 27.7. The lowest BCUT2D eigenvalue weighted by Gasteiger charge is -2.32. The van der Waals surface area contributed by atoms with Gasteiger partial charge in [0.15, 0.2) is 0 Å². The van der Waals surface area contributed by atoms with E-state index in [0.717, 1.165) is 19.3 Å². The van der Waals surface area contributed by atoms with Gasteiger partial charge in [-0.1, -0.05) is 45.1 Å². The van der Waals surface area contributed by atoms with Crippen LogP contribution >= 0.6 is 0 Å². The van der Waals surface area contributed by atoms with Crippen molar-refractivity contribution in [1.82, 2.24) is 10.2 Å². The van der Waals surface area contributed by atoms with Crippen molar-refractivity contribution >= 4 is 11.8 Å². The van der Waals surface area contributed by atoms with Crippen LogP contribution in [0, 0.1) is 5.92 Å². The molecular formula is C22H32N2O3. The SMILES string of the molecule is CC[C@H]1C/C=C/C[C@H](C)Oc2ccccc2C(=O)N(C)[C@@H](C(C)C)C(=O)N1. The van der Waals surface area contributed by atoms with Gasteiger partial charge in [0.25, 0.3) is 5.91 Å². The lowest BCUT2D eigenvalue weighted by Crippen LogP contribution is -2.52. The maximum Gasteiger partial charge on any atom is 0.258 e. The Kier molecular flexibility index (Phi) is 7.45. The lowest BCUT2D eigenvalue weighted by atomic mass is 9.99. The van der Waals surface area contributed by atoms with Crippen LogP contribution in [0.4, 0.5) is 0 Å². The first-order valence-corrected chi connectivity index (χ1v) is 9.83. The molecule has 0 saturated heterocycles. The first-order chi connectivity index (χ1) is 12.8. The van der Waals surface area contributed by atoms with Crippen molar-refractivity contribution in [3.05, 3.63) is 42.0 Å². The topological polar surface area (TPSA) is 58.6 Å². The number of ether oxygens (including phenoxy) is 1. The van der Waals surface area contributed by atoms with E-state index in [1.54, 1.807) is 18.0 Å². The number of para-hydroxylation sites is 1. The van der Waals surface area contributed by atoms with E-state index in [1.807, 2.05) is 39.0 Å². The highest BCUT2D eigenvalue weighted by atomic mass is 16.5. The molecule has 0 aliphatic carbocycles. The Bertz CT molecular complexity index is 684. The van der Waals surface area contributed by atoms with Crippen LogP contribution in [0.25, 0.3) is 0 Å². The van der Waals surface area contributed by atoms with Crippen molar-refractivity contribution in [2.24, 2.45) is 5.92 Å². The Morgan fingerprint density at radius 1 is 1.19 bits per heavy atom. The van der Waals surface area contributed by atoms with Gasteiger partial charge in [0.1, 0.15) is 11.8 Å². The maximum absolute atomic E-state index is 13.2. The highest BCUT2D eigenvalue weighted by molar-refractivity contribution is 5.99. The number of amides is 2. The molecule has 1 aromatic rings. The van der Waals surface area contributed by atoms with Gasteiger partial charge in [0, 0.05) is 19.5 Å². The summed E-state index contributed by atoms with van der Waals surface area (Å²) < 4.78 is 6.04. The molecule has 5 heteroatoms. The maximum atomic E-state index is 13.2. The number of rotatable bonds is 2. The van der Waals surface area contributed by atoms with Crippen LogP contribution in [0.1, 0.15) is 57.3 Å². The van der Waals surface area contributed by atoms with Crippen LogP contribution in [0.2, 0.25) is 0 Å². The first kappa shape index (κ1) is 21.0. The average Bonchev–Trinajstić information content (AvgIpc) is 2.63. The Morgan fingerprint density at radius 3 is 2.52 bits per heavy atom. The van der Waals surface area contributed by atoms with E-state index < -0.39 is 6.04 Å². The van der Waals surface area contributed by atoms with Gasteiger partial charge in [-0.25, -0.2) is 0 Å². The van der Waals surface area contributed by atoms with Crippen molar-refractivity contribution in [3.8, 4) is 5.75 Å². The third-order valence-electron chi connectivity index (χ3n) is 4.98. The molecule has 0 bridgehead atoms. The minimum atomic E-state index is -0.538. The number of hydrogen-bond acceptors (Lipinski definition) is 3. The van der Waals surface area contributed by atoms with Crippen molar-refractivity contribution in [2.75, 3.05) is 7.05 Å². The van der Waals surface area contributed by atoms with Gasteiger partial charge in [-0.3, -0.25) is 9.59 Å². The van der Waals surface area contributed by atoms with Crippen LogP contribution < -0.4 is 10.1 Å². The quantitative estimate of drug-likeness (QED) is 0.804. The summed E-state index contributed by atoms with van der Waals surface area (Å²) in [5, 5.41) is 3.12. The minimum Gasteiger partial charge on any atom is -0.490 e. The molecule has 148 valence electrons.